The number of nitrogens with zero attached hydrogens (tertiary/aromatic N) is 2. The van der Waals surface area contributed by atoms with Gasteiger partial charge in [0.2, 0.25) is 11.8 Å². The maximum atomic E-state index is 12.0. The van der Waals surface area contributed by atoms with Crippen LogP contribution in [-0.2, 0) is 9.59 Å². The highest BCUT2D eigenvalue weighted by atomic mass is 16.2. The summed E-state index contributed by atoms with van der Waals surface area (Å²) in [7, 11) is 0. The summed E-state index contributed by atoms with van der Waals surface area (Å²) in [5, 5.41) is 8.69. The number of pyridine rings is 1. The number of hydrogen-bond donors (Lipinski definition) is 1. The van der Waals surface area contributed by atoms with Crippen LogP contribution in [0.1, 0.15) is 37.7 Å². The van der Waals surface area contributed by atoms with E-state index in [1.165, 1.54) is 6.20 Å². The summed E-state index contributed by atoms with van der Waals surface area (Å²) in [6.45, 7) is 0.00797. The molecule has 20 heavy (non-hydrogen) atoms. The lowest BCUT2D eigenvalue weighted by molar-refractivity contribution is -0.125. The molecule has 0 atom stereocenters. The Morgan fingerprint density at radius 2 is 1.95 bits per heavy atom. The van der Waals surface area contributed by atoms with Gasteiger partial charge in [-0.1, -0.05) is 11.8 Å². The topological polar surface area (TPSA) is 70.5 Å². The average molecular weight is 272 g/mol. The molecule has 5 nitrogen and oxygen atoms in total. The van der Waals surface area contributed by atoms with Crippen molar-refractivity contribution in [3.05, 3.63) is 23.9 Å². The second kappa shape index (κ2) is 6.83. The molecule has 0 saturated carbocycles. The summed E-state index contributed by atoms with van der Waals surface area (Å²) in [6.07, 6.45) is 4.12. The van der Waals surface area contributed by atoms with Crippen LogP contribution in [0.4, 0.5) is 5.82 Å². The molecule has 1 fully saturated rings. The van der Waals surface area contributed by atoms with Gasteiger partial charge in [0.1, 0.15) is 5.82 Å². The van der Waals surface area contributed by atoms with E-state index < -0.39 is 0 Å². The van der Waals surface area contributed by atoms with E-state index in [0.717, 1.165) is 17.7 Å². The van der Waals surface area contributed by atoms with Crippen molar-refractivity contribution < 1.29 is 14.7 Å². The molecule has 5 heteroatoms. The number of amides is 2. The van der Waals surface area contributed by atoms with Crippen molar-refractivity contribution in [2.75, 3.05) is 11.5 Å². The van der Waals surface area contributed by atoms with Crippen molar-refractivity contribution in [1.29, 1.82) is 0 Å². The number of carbonyl (C=O) groups excluding carboxylic acids is 2. The molecule has 0 radical (unpaired) electrons. The SMILES string of the molecule is O=C1CCCCC(=O)N1c1cc(C#CCCO)ccn1. The Morgan fingerprint density at radius 1 is 1.25 bits per heavy atom. The van der Waals surface area contributed by atoms with Gasteiger partial charge >= 0.3 is 0 Å². The van der Waals surface area contributed by atoms with Gasteiger partial charge in [0.05, 0.1) is 6.61 Å². The van der Waals surface area contributed by atoms with Crippen LogP contribution in [0, 0.1) is 11.8 Å². The number of imide groups is 1. The summed E-state index contributed by atoms with van der Waals surface area (Å²) in [5.41, 5.74) is 0.674. The Labute approximate surface area is 117 Å². The highest BCUT2D eigenvalue weighted by Crippen LogP contribution is 2.20. The molecule has 1 saturated heterocycles. The second-order valence-electron chi connectivity index (χ2n) is 4.51. The Morgan fingerprint density at radius 3 is 2.60 bits per heavy atom. The van der Waals surface area contributed by atoms with E-state index in [-0.39, 0.29) is 18.4 Å². The van der Waals surface area contributed by atoms with Crippen LogP contribution in [-0.4, -0.2) is 28.5 Å². The largest absolute Gasteiger partial charge is 0.395 e. The summed E-state index contributed by atoms with van der Waals surface area (Å²) in [5.74, 6) is 5.59. The van der Waals surface area contributed by atoms with E-state index in [4.69, 9.17) is 5.11 Å². The fourth-order valence-electron chi connectivity index (χ4n) is 2.01. The highest BCUT2D eigenvalue weighted by Gasteiger charge is 2.26. The molecular weight excluding hydrogens is 256 g/mol. The predicted molar refractivity (Wildman–Crippen MR) is 73.8 cm³/mol. The van der Waals surface area contributed by atoms with Gasteiger partial charge in [-0.05, 0) is 25.0 Å². The third kappa shape index (κ3) is 3.43. The lowest BCUT2D eigenvalue weighted by Crippen LogP contribution is -2.35. The van der Waals surface area contributed by atoms with Crippen molar-refractivity contribution in [2.24, 2.45) is 0 Å². The molecule has 1 N–H and O–H groups in total. The molecule has 2 rings (SSSR count). The van der Waals surface area contributed by atoms with Crippen LogP contribution < -0.4 is 4.90 Å². The zero-order valence-electron chi connectivity index (χ0n) is 11.1. The lowest BCUT2D eigenvalue weighted by atomic mass is 10.2. The molecule has 0 aromatic carbocycles. The number of carbonyl (C=O) groups is 2. The molecule has 1 aliphatic rings. The Hall–Kier alpha value is -2.19. The second-order valence-corrected chi connectivity index (χ2v) is 4.51. The van der Waals surface area contributed by atoms with Gasteiger partial charge in [0, 0.05) is 31.0 Å². The van der Waals surface area contributed by atoms with Gasteiger partial charge in [0.25, 0.3) is 0 Å². The van der Waals surface area contributed by atoms with Crippen LogP contribution in [0.25, 0.3) is 0 Å². The van der Waals surface area contributed by atoms with Crippen LogP contribution in [0.2, 0.25) is 0 Å². The van der Waals surface area contributed by atoms with Crippen LogP contribution in [0.3, 0.4) is 0 Å². The first-order valence-corrected chi connectivity index (χ1v) is 6.64. The number of aromatic nitrogens is 1. The zero-order valence-corrected chi connectivity index (χ0v) is 11.1. The van der Waals surface area contributed by atoms with E-state index in [2.05, 4.69) is 16.8 Å². The molecule has 0 bridgehead atoms. The van der Waals surface area contributed by atoms with Crippen molar-refractivity contribution in [3.8, 4) is 11.8 Å². The summed E-state index contributed by atoms with van der Waals surface area (Å²) >= 11 is 0. The smallest absolute Gasteiger partial charge is 0.234 e. The fraction of sp³-hybridized carbons (Fsp3) is 0.400. The van der Waals surface area contributed by atoms with E-state index in [9.17, 15) is 9.59 Å². The van der Waals surface area contributed by atoms with Crippen LogP contribution in [0.15, 0.2) is 18.3 Å². The molecule has 0 aliphatic carbocycles. The fourth-order valence-corrected chi connectivity index (χ4v) is 2.01. The number of hydrogen-bond acceptors (Lipinski definition) is 4. The summed E-state index contributed by atoms with van der Waals surface area (Å²) in [6, 6.07) is 3.34. The van der Waals surface area contributed by atoms with Crippen molar-refractivity contribution in [3.63, 3.8) is 0 Å². The minimum absolute atomic E-state index is 0.00797. The van der Waals surface area contributed by atoms with Gasteiger partial charge in [0.15, 0.2) is 0 Å². The minimum Gasteiger partial charge on any atom is -0.395 e. The van der Waals surface area contributed by atoms with Crippen molar-refractivity contribution in [1.82, 2.24) is 4.98 Å². The monoisotopic (exact) mass is 272 g/mol. The van der Waals surface area contributed by atoms with Crippen molar-refractivity contribution >= 4 is 17.6 Å². The normalized spacial score (nSPS) is 15.6. The predicted octanol–water partition coefficient (Wildman–Crippen LogP) is 1.25. The van der Waals surface area contributed by atoms with Gasteiger partial charge in [-0.3, -0.25) is 9.59 Å². The molecule has 104 valence electrons. The van der Waals surface area contributed by atoms with Gasteiger partial charge in [-0.15, -0.1) is 0 Å². The third-order valence-corrected chi connectivity index (χ3v) is 2.97. The molecule has 2 amide bonds. The third-order valence-electron chi connectivity index (χ3n) is 2.97. The maximum Gasteiger partial charge on any atom is 0.234 e. The van der Waals surface area contributed by atoms with E-state index in [1.54, 1.807) is 12.1 Å². The van der Waals surface area contributed by atoms with Gasteiger partial charge in [-0.2, -0.15) is 0 Å². The minimum atomic E-state index is -0.208. The average Bonchev–Trinajstić information content (AvgIpc) is 2.60. The first-order chi connectivity index (χ1) is 9.72. The van der Waals surface area contributed by atoms with E-state index in [1.807, 2.05) is 0 Å². The van der Waals surface area contributed by atoms with E-state index >= 15 is 0 Å². The zero-order chi connectivity index (χ0) is 14.4. The molecule has 0 spiro atoms. The maximum absolute atomic E-state index is 12.0. The van der Waals surface area contributed by atoms with E-state index in [0.29, 0.717) is 30.6 Å². The van der Waals surface area contributed by atoms with Gasteiger partial charge < -0.3 is 5.11 Å². The van der Waals surface area contributed by atoms with Crippen LogP contribution >= 0.6 is 0 Å². The Kier molecular flexibility index (Phi) is 4.85. The first kappa shape index (κ1) is 14.2. The standard InChI is InChI=1S/C15H16N2O3/c18-10-4-3-5-12-8-9-16-13(11-12)17-14(19)6-1-2-7-15(17)20/h8-9,11,18H,1-2,4,6-7,10H2. The molecule has 1 aromatic rings. The molecule has 1 aromatic heterocycles. The number of rotatable bonds is 2. The molecule has 1 aliphatic heterocycles. The van der Waals surface area contributed by atoms with Crippen LogP contribution in [0.5, 0.6) is 0 Å². The van der Waals surface area contributed by atoms with Crippen molar-refractivity contribution in [2.45, 2.75) is 32.1 Å². The Balaban J connectivity index is 2.27. The first-order valence-electron chi connectivity index (χ1n) is 6.64. The lowest BCUT2D eigenvalue weighted by Gasteiger charge is -2.17. The number of aliphatic hydroxyl groups is 1. The number of anilines is 1. The molecular formula is C15H16N2O3. The molecule has 2 heterocycles. The molecule has 0 unspecified atom stereocenters. The van der Waals surface area contributed by atoms with Gasteiger partial charge in [-0.25, -0.2) is 9.88 Å². The number of aliphatic hydroxyl groups excluding tert-OH is 1. The summed E-state index contributed by atoms with van der Waals surface area (Å²) in [4.78, 5) is 29.2. The Bertz CT molecular complexity index is 554. The summed E-state index contributed by atoms with van der Waals surface area (Å²) < 4.78 is 0. The highest BCUT2D eigenvalue weighted by molar-refractivity contribution is 6.14. The quantitative estimate of drug-likeness (QED) is 0.649.